The van der Waals surface area contributed by atoms with Crippen molar-refractivity contribution in [3.8, 4) is 5.75 Å². The van der Waals surface area contributed by atoms with E-state index in [-0.39, 0.29) is 18.0 Å². The van der Waals surface area contributed by atoms with Crippen molar-refractivity contribution in [2.24, 2.45) is 0 Å². The molecule has 0 amide bonds. The molecule has 0 radical (unpaired) electrons. The molecular formula is C7H7ClO6S. The number of carboxylic acids is 1. The van der Waals surface area contributed by atoms with Crippen molar-refractivity contribution in [1.82, 2.24) is 0 Å². The van der Waals surface area contributed by atoms with Gasteiger partial charge < -0.3 is 9.29 Å². The number of halogens is 1. The van der Waals surface area contributed by atoms with Crippen molar-refractivity contribution in [3.05, 3.63) is 29.8 Å². The molecule has 1 rings (SSSR count). The topological polar surface area (TPSA) is 101 Å². The van der Waals surface area contributed by atoms with Crippen LogP contribution in [0.3, 0.4) is 0 Å². The predicted octanol–water partition coefficient (Wildman–Crippen LogP) is 0.988. The molecule has 6 nitrogen and oxygen atoms in total. The number of carboxylic acid groups (broad SMARTS) is 1. The fraction of sp³-hybridized carbons (Fsp3) is 0. The standard InChI is InChI=1S/C7H6O6S.ClH/c8-7(9)5-3-1-2-4-6(5)13-14(10,11)12;/h1-4H,(H,8,9)(H,10,11,12);1H. The number of rotatable bonds is 3. The smallest absolute Gasteiger partial charge is 0.446 e. The Balaban J connectivity index is 0.00000196. The number of carbonyl (C=O) groups is 1. The van der Waals surface area contributed by atoms with Crippen LogP contribution in [0, 0.1) is 0 Å². The Kier molecular flexibility index (Phi) is 4.53. The van der Waals surface area contributed by atoms with Crippen molar-refractivity contribution < 1.29 is 27.1 Å². The van der Waals surface area contributed by atoms with E-state index in [2.05, 4.69) is 4.18 Å². The molecule has 0 saturated carbocycles. The lowest BCUT2D eigenvalue weighted by Crippen LogP contribution is -2.10. The molecule has 0 spiro atoms. The zero-order valence-electron chi connectivity index (χ0n) is 7.15. The molecule has 0 aliphatic heterocycles. The van der Waals surface area contributed by atoms with Gasteiger partial charge in [-0.1, -0.05) is 12.1 Å². The van der Waals surface area contributed by atoms with E-state index in [0.29, 0.717) is 0 Å². The first kappa shape index (κ1) is 13.7. The molecule has 0 aromatic heterocycles. The highest BCUT2D eigenvalue weighted by Gasteiger charge is 2.15. The zero-order chi connectivity index (χ0) is 10.8. The van der Waals surface area contributed by atoms with E-state index in [1.165, 1.54) is 12.1 Å². The SMILES string of the molecule is Cl.O=C(O)c1ccccc1OS(=O)(=O)O. The maximum atomic E-state index is 10.6. The quantitative estimate of drug-likeness (QED) is 0.780. The second-order valence-electron chi connectivity index (χ2n) is 2.31. The molecule has 84 valence electrons. The first-order valence-electron chi connectivity index (χ1n) is 3.39. The maximum Gasteiger partial charge on any atom is 0.446 e. The van der Waals surface area contributed by atoms with E-state index >= 15 is 0 Å². The van der Waals surface area contributed by atoms with E-state index in [1.54, 1.807) is 0 Å². The van der Waals surface area contributed by atoms with Gasteiger partial charge in [-0.25, -0.2) is 4.79 Å². The fourth-order valence-electron chi connectivity index (χ4n) is 0.829. The summed E-state index contributed by atoms with van der Waals surface area (Å²) < 4.78 is 33.0. The third-order valence-electron chi connectivity index (χ3n) is 1.31. The van der Waals surface area contributed by atoms with Crippen LogP contribution >= 0.6 is 12.4 Å². The van der Waals surface area contributed by atoms with Crippen LogP contribution in [0.2, 0.25) is 0 Å². The molecule has 0 aliphatic carbocycles. The van der Waals surface area contributed by atoms with Gasteiger partial charge >= 0.3 is 16.4 Å². The van der Waals surface area contributed by atoms with Crippen LogP contribution in [0.5, 0.6) is 5.75 Å². The average molecular weight is 255 g/mol. The molecule has 0 unspecified atom stereocenters. The lowest BCUT2D eigenvalue weighted by Gasteiger charge is -2.03. The highest BCUT2D eigenvalue weighted by Crippen LogP contribution is 2.18. The summed E-state index contributed by atoms with van der Waals surface area (Å²) in [5.41, 5.74) is -0.342. The monoisotopic (exact) mass is 254 g/mol. The van der Waals surface area contributed by atoms with Gasteiger partial charge in [0.15, 0.2) is 5.75 Å². The van der Waals surface area contributed by atoms with Crippen molar-refractivity contribution in [2.75, 3.05) is 0 Å². The Morgan fingerprint density at radius 2 is 1.80 bits per heavy atom. The van der Waals surface area contributed by atoms with Crippen molar-refractivity contribution in [2.45, 2.75) is 0 Å². The third kappa shape index (κ3) is 4.15. The fourth-order valence-corrected chi connectivity index (χ4v) is 1.20. The third-order valence-corrected chi connectivity index (χ3v) is 1.70. The van der Waals surface area contributed by atoms with Gasteiger partial charge in [0.25, 0.3) is 0 Å². The minimum atomic E-state index is -4.70. The normalized spacial score (nSPS) is 10.2. The molecule has 15 heavy (non-hydrogen) atoms. The van der Waals surface area contributed by atoms with Crippen LogP contribution in [-0.4, -0.2) is 24.0 Å². The summed E-state index contributed by atoms with van der Waals surface area (Å²) in [6.07, 6.45) is 0. The molecule has 2 N–H and O–H groups in total. The summed E-state index contributed by atoms with van der Waals surface area (Å²) in [7, 11) is -4.70. The van der Waals surface area contributed by atoms with Gasteiger partial charge in [-0.05, 0) is 12.1 Å². The van der Waals surface area contributed by atoms with Crippen molar-refractivity contribution in [3.63, 3.8) is 0 Å². The van der Waals surface area contributed by atoms with Gasteiger partial charge in [0, 0.05) is 0 Å². The predicted molar refractivity (Wildman–Crippen MR) is 52.8 cm³/mol. The Morgan fingerprint density at radius 1 is 1.27 bits per heavy atom. The zero-order valence-corrected chi connectivity index (χ0v) is 8.79. The van der Waals surface area contributed by atoms with Gasteiger partial charge in [-0.15, -0.1) is 12.4 Å². The number of benzene rings is 1. The van der Waals surface area contributed by atoms with E-state index in [1.807, 2.05) is 0 Å². The summed E-state index contributed by atoms with van der Waals surface area (Å²) in [6.45, 7) is 0. The van der Waals surface area contributed by atoms with Crippen LogP contribution in [0.25, 0.3) is 0 Å². The second kappa shape index (κ2) is 4.96. The molecule has 0 bridgehead atoms. The summed E-state index contributed by atoms with van der Waals surface area (Å²) in [5.74, 6) is -1.77. The Hall–Kier alpha value is -1.31. The van der Waals surface area contributed by atoms with Gasteiger partial charge in [0.2, 0.25) is 0 Å². The molecule has 0 heterocycles. The van der Waals surface area contributed by atoms with Gasteiger partial charge in [0.05, 0.1) is 0 Å². The Labute approximate surface area is 91.9 Å². The first-order valence-corrected chi connectivity index (χ1v) is 4.76. The summed E-state index contributed by atoms with van der Waals surface area (Å²) >= 11 is 0. The van der Waals surface area contributed by atoms with E-state index in [9.17, 15) is 13.2 Å². The van der Waals surface area contributed by atoms with Crippen LogP contribution in [0.1, 0.15) is 10.4 Å². The Bertz CT molecular complexity index is 454. The summed E-state index contributed by atoms with van der Waals surface area (Å²) in [6, 6.07) is 5.06. The minimum absolute atomic E-state index is 0. The van der Waals surface area contributed by atoms with E-state index in [4.69, 9.17) is 9.66 Å². The molecular weight excluding hydrogens is 248 g/mol. The van der Waals surface area contributed by atoms with Crippen LogP contribution < -0.4 is 4.18 Å². The summed E-state index contributed by atoms with van der Waals surface area (Å²) in [4.78, 5) is 10.6. The molecule has 0 aliphatic rings. The van der Waals surface area contributed by atoms with Crippen LogP contribution in [-0.2, 0) is 10.4 Å². The highest BCUT2D eigenvalue weighted by molar-refractivity contribution is 7.81. The molecule has 1 aromatic rings. The first-order chi connectivity index (χ1) is 6.40. The van der Waals surface area contributed by atoms with Gasteiger partial charge in [-0.2, -0.15) is 8.42 Å². The van der Waals surface area contributed by atoms with E-state index < -0.39 is 22.1 Å². The second-order valence-corrected chi connectivity index (χ2v) is 3.33. The van der Waals surface area contributed by atoms with Crippen LogP contribution in [0.4, 0.5) is 0 Å². The Morgan fingerprint density at radius 3 is 2.27 bits per heavy atom. The number of hydrogen-bond donors (Lipinski definition) is 2. The molecule has 8 heteroatoms. The lowest BCUT2D eigenvalue weighted by atomic mass is 10.2. The van der Waals surface area contributed by atoms with Crippen molar-refractivity contribution >= 4 is 28.8 Å². The number of aromatic carboxylic acids is 1. The molecule has 1 aromatic carbocycles. The maximum absolute atomic E-state index is 10.6. The largest absolute Gasteiger partial charge is 0.478 e. The average Bonchev–Trinajstić information content (AvgIpc) is 2.01. The minimum Gasteiger partial charge on any atom is -0.478 e. The van der Waals surface area contributed by atoms with E-state index in [0.717, 1.165) is 12.1 Å². The molecule has 0 fully saturated rings. The highest BCUT2D eigenvalue weighted by atomic mass is 35.5. The molecule has 0 saturated heterocycles. The van der Waals surface area contributed by atoms with Crippen molar-refractivity contribution in [1.29, 1.82) is 0 Å². The number of hydrogen-bond acceptors (Lipinski definition) is 4. The van der Waals surface area contributed by atoms with Gasteiger partial charge in [-0.3, -0.25) is 4.55 Å². The number of para-hydroxylation sites is 1. The lowest BCUT2D eigenvalue weighted by molar-refractivity contribution is 0.0695. The summed E-state index contributed by atoms with van der Waals surface area (Å²) in [5, 5.41) is 8.61. The van der Waals surface area contributed by atoms with Gasteiger partial charge in [0.1, 0.15) is 5.56 Å². The molecule has 0 atom stereocenters. The van der Waals surface area contributed by atoms with Crippen LogP contribution in [0.15, 0.2) is 24.3 Å².